The topological polar surface area (TPSA) is 64.3 Å². The maximum Gasteiger partial charge on any atom is 0.133 e. The third kappa shape index (κ3) is 2.45. The molecule has 1 aromatic heterocycles. The Morgan fingerprint density at radius 3 is 3.25 bits per heavy atom. The predicted molar refractivity (Wildman–Crippen MR) is 64.8 cm³/mol. The van der Waals surface area contributed by atoms with Gasteiger partial charge in [-0.15, -0.1) is 11.8 Å². The lowest BCUT2D eigenvalue weighted by molar-refractivity contribution is 0.0958. The number of anilines is 1. The summed E-state index contributed by atoms with van der Waals surface area (Å²) in [5.74, 6) is 0.943. The Hall–Kier alpha value is -0.850. The molecule has 2 heterocycles. The Balaban J connectivity index is 2.20. The van der Waals surface area contributed by atoms with E-state index in [-0.39, 0.29) is 6.04 Å². The van der Waals surface area contributed by atoms with Crippen LogP contribution in [0.15, 0.2) is 17.4 Å². The smallest absolute Gasteiger partial charge is 0.133 e. The molecule has 1 aromatic rings. The molecule has 1 atom stereocenters. The number of ether oxygens (including phenoxy) is 1. The third-order valence-corrected chi connectivity index (χ3v) is 3.27. The molecule has 2 rings (SSSR count). The summed E-state index contributed by atoms with van der Waals surface area (Å²) in [7, 11) is 0. The van der Waals surface area contributed by atoms with E-state index in [4.69, 9.17) is 10.5 Å². The lowest BCUT2D eigenvalue weighted by Gasteiger charge is -2.35. The van der Waals surface area contributed by atoms with Gasteiger partial charge < -0.3 is 15.4 Å². The predicted octanol–water partition coefficient (Wildman–Crippen LogP) is 0.362. The van der Waals surface area contributed by atoms with Crippen LogP contribution in [0.5, 0.6) is 0 Å². The zero-order valence-corrected chi connectivity index (χ0v) is 10.1. The van der Waals surface area contributed by atoms with E-state index in [1.165, 1.54) is 0 Å². The first-order valence-corrected chi connectivity index (χ1v) is 6.48. The van der Waals surface area contributed by atoms with E-state index in [1.807, 2.05) is 12.3 Å². The second kappa shape index (κ2) is 5.47. The number of thioether (sulfide) groups is 1. The van der Waals surface area contributed by atoms with Crippen molar-refractivity contribution in [2.45, 2.75) is 11.1 Å². The van der Waals surface area contributed by atoms with E-state index in [2.05, 4.69) is 14.9 Å². The van der Waals surface area contributed by atoms with Gasteiger partial charge in [-0.2, -0.15) is 0 Å². The fourth-order valence-electron chi connectivity index (χ4n) is 1.75. The highest BCUT2D eigenvalue weighted by molar-refractivity contribution is 7.98. The van der Waals surface area contributed by atoms with Crippen LogP contribution in [-0.2, 0) is 4.74 Å². The van der Waals surface area contributed by atoms with Gasteiger partial charge in [-0.25, -0.2) is 9.97 Å². The summed E-state index contributed by atoms with van der Waals surface area (Å²) in [6.07, 6.45) is 3.61. The lowest BCUT2D eigenvalue weighted by Crippen LogP contribution is -2.49. The lowest BCUT2D eigenvalue weighted by atomic mass is 10.2. The van der Waals surface area contributed by atoms with Gasteiger partial charge >= 0.3 is 0 Å². The number of hydrogen-bond acceptors (Lipinski definition) is 6. The molecule has 0 radical (unpaired) electrons. The van der Waals surface area contributed by atoms with Crippen LogP contribution in [0, 0.1) is 0 Å². The molecular weight excluding hydrogens is 224 g/mol. The molecule has 1 aliphatic rings. The highest BCUT2D eigenvalue weighted by Gasteiger charge is 2.23. The van der Waals surface area contributed by atoms with Crippen molar-refractivity contribution in [2.24, 2.45) is 5.73 Å². The molecule has 5 nitrogen and oxygen atoms in total. The minimum atomic E-state index is 0.221. The molecule has 1 aliphatic heterocycles. The van der Waals surface area contributed by atoms with Crippen molar-refractivity contribution in [3.05, 3.63) is 12.4 Å². The van der Waals surface area contributed by atoms with Crippen LogP contribution < -0.4 is 10.6 Å². The average molecular weight is 240 g/mol. The van der Waals surface area contributed by atoms with Crippen LogP contribution in [0.3, 0.4) is 0 Å². The van der Waals surface area contributed by atoms with Crippen LogP contribution in [0.2, 0.25) is 0 Å². The van der Waals surface area contributed by atoms with Gasteiger partial charge in [0.1, 0.15) is 17.2 Å². The molecule has 0 amide bonds. The normalized spacial score (nSPS) is 21.1. The molecule has 1 saturated heterocycles. The Labute approximate surface area is 99.4 Å². The maximum absolute atomic E-state index is 5.73. The summed E-state index contributed by atoms with van der Waals surface area (Å²) in [4.78, 5) is 10.7. The van der Waals surface area contributed by atoms with Crippen molar-refractivity contribution >= 4 is 17.6 Å². The molecule has 0 spiro atoms. The monoisotopic (exact) mass is 240 g/mol. The van der Waals surface area contributed by atoms with Crippen molar-refractivity contribution in [1.29, 1.82) is 0 Å². The first-order valence-electron chi connectivity index (χ1n) is 5.25. The van der Waals surface area contributed by atoms with Crippen LogP contribution in [0.4, 0.5) is 5.82 Å². The van der Waals surface area contributed by atoms with Crippen molar-refractivity contribution in [3.63, 3.8) is 0 Å². The van der Waals surface area contributed by atoms with Gasteiger partial charge in [-0.1, -0.05) is 0 Å². The average Bonchev–Trinajstić information content (AvgIpc) is 2.38. The SMILES string of the molecule is CSc1cc(N2CCOCC2CN)ncn1. The molecule has 0 aromatic carbocycles. The number of morpholine rings is 1. The van der Waals surface area contributed by atoms with Gasteiger partial charge in [0, 0.05) is 19.2 Å². The summed E-state index contributed by atoms with van der Waals surface area (Å²) < 4.78 is 5.41. The maximum atomic E-state index is 5.73. The summed E-state index contributed by atoms with van der Waals surface area (Å²) in [6.45, 7) is 2.83. The number of rotatable bonds is 3. The molecule has 16 heavy (non-hydrogen) atoms. The van der Waals surface area contributed by atoms with E-state index in [0.29, 0.717) is 13.2 Å². The Morgan fingerprint density at radius 1 is 1.62 bits per heavy atom. The van der Waals surface area contributed by atoms with Crippen molar-refractivity contribution in [2.75, 3.05) is 37.5 Å². The van der Waals surface area contributed by atoms with Gasteiger partial charge in [0.15, 0.2) is 0 Å². The molecule has 0 bridgehead atoms. The standard InChI is InChI=1S/C10H16N4OS/c1-16-10-4-9(12-7-13-10)14-2-3-15-6-8(14)5-11/h4,7-8H,2-3,5-6,11H2,1H3. The van der Waals surface area contributed by atoms with Crippen LogP contribution in [-0.4, -0.2) is 48.6 Å². The fraction of sp³-hybridized carbons (Fsp3) is 0.600. The molecule has 6 heteroatoms. The number of nitrogens with zero attached hydrogens (tertiary/aromatic N) is 3. The second-order valence-electron chi connectivity index (χ2n) is 3.58. The minimum Gasteiger partial charge on any atom is -0.377 e. The zero-order chi connectivity index (χ0) is 11.4. The summed E-state index contributed by atoms with van der Waals surface area (Å²) in [6, 6.07) is 2.22. The number of hydrogen-bond donors (Lipinski definition) is 1. The van der Waals surface area contributed by atoms with E-state index in [0.717, 1.165) is 24.0 Å². The summed E-state index contributed by atoms with van der Waals surface area (Å²) >= 11 is 1.62. The zero-order valence-electron chi connectivity index (χ0n) is 9.30. The van der Waals surface area contributed by atoms with E-state index in [9.17, 15) is 0 Å². The third-order valence-electron chi connectivity index (χ3n) is 2.63. The van der Waals surface area contributed by atoms with Crippen molar-refractivity contribution in [1.82, 2.24) is 9.97 Å². The fourth-order valence-corrected chi connectivity index (χ4v) is 2.13. The molecule has 0 saturated carbocycles. The van der Waals surface area contributed by atoms with E-state index >= 15 is 0 Å². The van der Waals surface area contributed by atoms with Gasteiger partial charge in [0.2, 0.25) is 0 Å². The highest BCUT2D eigenvalue weighted by atomic mass is 32.2. The quantitative estimate of drug-likeness (QED) is 0.608. The molecule has 2 N–H and O–H groups in total. The Kier molecular flexibility index (Phi) is 3.98. The minimum absolute atomic E-state index is 0.221. The molecule has 0 aliphatic carbocycles. The number of aromatic nitrogens is 2. The van der Waals surface area contributed by atoms with Crippen LogP contribution in [0.25, 0.3) is 0 Å². The van der Waals surface area contributed by atoms with Crippen molar-refractivity contribution in [3.8, 4) is 0 Å². The van der Waals surface area contributed by atoms with Gasteiger partial charge in [-0.05, 0) is 6.26 Å². The Bertz CT molecular complexity index is 349. The van der Waals surface area contributed by atoms with Crippen LogP contribution in [0.1, 0.15) is 0 Å². The van der Waals surface area contributed by atoms with Gasteiger partial charge in [0.25, 0.3) is 0 Å². The van der Waals surface area contributed by atoms with Crippen molar-refractivity contribution < 1.29 is 4.74 Å². The first kappa shape index (κ1) is 11.6. The summed E-state index contributed by atoms with van der Waals surface area (Å²) in [5, 5.41) is 0.979. The number of nitrogens with two attached hydrogens (primary N) is 1. The van der Waals surface area contributed by atoms with Gasteiger partial charge in [0.05, 0.1) is 19.3 Å². The Morgan fingerprint density at radius 2 is 2.50 bits per heavy atom. The molecule has 88 valence electrons. The molecule has 1 fully saturated rings. The first-order chi connectivity index (χ1) is 7.85. The molecular formula is C10H16N4OS. The van der Waals surface area contributed by atoms with E-state index in [1.54, 1.807) is 18.1 Å². The molecule has 1 unspecified atom stereocenters. The second-order valence-corrected chi connectivity index (χ2v) is 4.40. The largest absolute Gasteiger partial charge is 0.377 e. The highest BCUT2D eigenvalue weighted by Crippen LogP contribution is 2.20. The summed E-state index contributed by atoms with van der Waals surface area (Å²) in [5.41, 5.74) is 5.73. The van der Waals surface area contributed by atoms with Crippen LogP contribution >= 0.6 is 11.8 Å². The van der Waals surface area contributed by atoms with Gasteiger partial charge in [-0.3, -0.25) is 0 Å². The van der Waals surface area contributed by atoms with E-state index < -0.39 is 0 Å².